The van der Waals surface area contributed by atoms with Crippen molar-refractivity contribution in [3.05, 3.63) is 24.3 Å². The van der Waals surface area contributed by atoms with Crippen molar-refractivity contribution < 1.29 is 9.53 Å². The van der Waals surface area contributed by atoms with Crippen molar-refractivity contribution in [3.63, 3.8) is 0 Å². The number of carbonyl (C=O) groups is 1. The van der Waals surface area contributed by atoms with Gasteiger partial charge in [-0.1, -0.05) is 31.2 Å². The maximum absolute atomic E-state index is 11.4. The van der Waals surface area contributed by atoms with Crippen LogP contribution in [0.15, 0.2) is 24.3 Å². The SMILES string of the molecule is CC1CC/C=C\CCCC/C=C/CC(=O)OCC1. The number of hydrogen-bond donors (Lipinski definition) is 0. The van der Waals surface area contributed by atoms with Gasteiger partial charge in [0.25, 0.3) is 0 Å². The summed E-state index contributed by atoms with van der Waals surface area (Å²) in [5.41, 5.74) is 0. The third kappa shape index (κ3) is 8.10. The lowest BCUT2D eigenvalue weighted by Gasteiger charge is -2.10. The molecule has 0 aromatic carbocycles. The van der Waals surface area contributed by atoms with Crippen molar-refractivity contribution in [3.8, 4) is 0 Å². The fourth-order valence-corrected chi connectivity index (χ4v) is 2.02. The predicted octanol–water partition coefficient (Wildman–Crippen LogP) is 4.41. The Morgan fingerprint density at radius 2 is 1.67 bits per heavy atom. The van der Waals surface area contributed by atoms with Crippen LogP contribution in [-0.2, 0) is 9.53 Å². The number of rotatable bonds is 0. The molecule has 0 aromatic heterocycles. The van der Waals surface area contributed by atoms with Crippen molar-refractivity contribution in [1.29, 1.82) is 0 Å². The first-order chi connectivity index (χ1) is 8.79. The molecule has 1 aliphatic rings. The third-order valence-corrected chi connectivity index (χ3v) is 3.31. The van der Waals surface area contributed by atoms with Crippen LogP contribution in [0.25, 0.3) is 0 Å². The Labute approximate surface area is 111 Å². The molecule has 1 atom stereocenters. The number of esters is 1. The second-order valence-corrected chi connectivity index (χ2v) is 5.12. The topological polar surface area (TPSA) is 26.3 Å². The number of ether oxygens (including phenoxy) is 1. The van der Waals surface area contributed by atoms with Gasteiger partial charge in [-0.15, -0.1) is 0 Å². The summed E-state index contributed by atoms with van der Waals surface area (Å²) < 4.78 is 5.20. The molecule has 1 aliphatic heterocycles. The molecule has 0 aliphatic carbocycles. The number of cyclic esters (lactones) is 1. The Kier molecular flexibility index (Phi) is 8.28. The first-order valence-corrected chi connectivity index (χ1v) is 7.24. The minimum atomic E-state index is -0.0922. The molecular formula is C16H26O2. The molecule has 0 aromatic rings. The molecule has 1 heterocycles. The average molecular weight is 250 g/mol. The van der Waals surface area contributed by atoms with E-state index in [2.05, 4.69) is 25.2 Å². The molecule has 0 saturated heterocycles. The fraction of sp³-hybridized carbons (Fsp3) is 0.688. The standard InChI is InChI=1S/C16H26O2/c1-15-11-9-7-5-3-2-4-6-8-10-12-16(17)18-14-13-15/h5,7-8,10,15H,2-4,6,9,11-14H2,1H3/b7-5-,10-8+. The van der Waals surface area contributed by atoms with Gasteiger partial charge in [-0.3, -0.25) is 4.79 Å². The molecule has 0 radical (unpaired) electrons. The second kappa shape index (κ2) is 9.93. The van der Waals surface area contributed by atoms with Gasteiger partial charge in [0.15, 0.2) is 0 Å². The highest BCUT2D eigenvalue weighted by Crippen LogP contribution is 2.12. The Morgan fingerprint density at radius 1 is 1.00 bits per heavy atom. The quantitative estimate of drug-likeness (QED) is 0.470. The molecule has 0 saturated carbocycles. The van der Waals surface area contributed by atoms with E-state index in [0.717, 1.165) is 19.3 Å². The first-order valence-electron chi connectivity index (χ1n) is 7.24. The van der Waals surface area contributed by atoms with Crippen molar-refractivity contribution in [2.24, 2.45) is 5.92 Å². The van der Waals surface area contributed by atoms with Gasteiger partial charge in [-0.25, -0.2) is 0 Å². The van der Waals surface area contributed by atoms with Gasteiger partial charge in [0.05, 0.1) is 13.0 Å². The molecule has 18 heavy (non-hydrogen) atoms. The molecular weight excluding hydrogens is 224 g/mol. The zero-order valence-corrected chi connectivity index (χ0v) is 11.6. The second-order valence-electron chi connectivity index (χ2n) is 5.12. The van der Waals surface area contributed by atoms with Crippen LogP contribution in [0.1, 0.15) is 58.3 Å². The predicted molar refractivity (Wildman–Crippen MR) is 75.3 cm³/mol. The van der Waals surface area contributed by atoms with Crippen LogP contribution < -0.4 is 0 Å². The van der Waals surface area contributed by atoms with Crippen LogP contribution in [0, 0.1) is 5.92 Å². The summed E-state index contributed by atoms with van der Waals surface area (Å²) in [6.45, 7) is 2.79. The van der Waals surface area contributed by atoms with Gasteiger partial charge in [-0.05, 0) is 50.9 Å². The van der Waals surface area contributed by atoms with E-state index in [4.69, 9.17) is 4.74 Å². The summed E-state index contributed by atoms with van der Waals surface area (Å²) in [4.78, 5) is 11.4. The number of allylic oxidation sites excluding steroid dienone is 3. The minimum absolute atomic E-state index is 0.0922. The Morgan fingerprint density at radius 3 is 2.44 bits per heavy atom. The van der Waals surface area contributed by atoms with E-state index < -0.39 is 0 Å². The highest BCUT2D eigenvalue weighted by Gasteiger charge is 2.04. The average Bonchev–Trinajstić information content (AvgIpc) is 2.34. The van der Waals surface area contributed by atoms with Crippen LogP contribution in [-0.4, -0.2) is 12.6 Å². The third-order valence-electron chi connectivity index (χ3n) is 3.31. The monoisotopic (exact) mass is 250 g/mol. The molecule has 0 N–H and O–H groups in total. The van der Waals surface area contributed by atoms with Crippen molar-refractivity contribution >= 4 is 5.97 Å². The Bertz CT molecular complexity index is 279. The van der Waals surface area contributed by atoms with Gasteiger partial charge < -0.3 is 4.74 Å². The van der Waals surface area contributed by atoms with Crippen LogP contribution in [0.3, 0.4) is 0 Å². The molecule has 0 bridgehead atoms. The van der Waals surface area contributed by atoms with Gasteiger partial charge >= 0.3 is 5.97 Å². The largest absolute Gasteiger partial charge is 0.465 e. The van der Waals surface area contributed by atoms with E-state index in [1.165, 1.54) is 25.7 Å². The molecule has 0 fully saturated rings. The molecule has 1 rings (SSSR count). The summed E-state index contributed by atoms with van der Waals surface area (Å²) in [5.74, 6) is 0.538. The van der Waals surface area contributed by atoms with E-state index in [1.54, 1.807) is 0 Å². The van der Waals surface area contributed by atoms with Gasteiger partial charge in [0.1, 0.15) is 0 Å². The van der Waals surface area contributed by atoms with Crippen LogP contribution >= 0.6 is 0 Å². The van der Waals surface area contributed by atoms with Crippen molar-refractivity contribution in [2.75, 3.05) is 6.61 Å². The van der Waals surface area contributed by atoms with E-state index in [1.807, 2.05) is 6.08 Å². The lowest BCUT2D eigenvalue weighted by Crippen LogP contribution is -2.07. The molecule has 102 valence electrons. The summed E-state index contributed by atoms with van der Waals surface area (Å²) in [7, 11) is 0. The maximum atomic E-state index is 11.4. The summed E-state index contributed by atoms with van der Waals surface area (Å²) in [6.07, 6.45) is 17.1. The van der Waals surface area contributed by atoms with Gasteiger partial charge in [0.2, 0.25) is 0 Å². The first kappa shape index (κ1) is 15.0. The van der Waals surface area contributed by atoms with Crippen LogP contribution in [0.5, 0.6) is 0 Å². The Hall–Kier alpha value is -1.05. The molecule has 2 nitrogen and oxygen atoms in total. The molecule has 1 unspecified atom stereocenters. The lowest BCUT2D eigenvalue weighted by atomic mass is 10.0. The zero-order valence-electron chi connectivity index (χ0n) is 11.6. The highest BCUT2D eigenvalue weighted by atomic mass is 16.5. The van der Waals surface area contributed by atoms with Gasteiger partial charge in [0, 0.05) is 0 Å². The van der Waals surface area contributed by atoms with Gasteiger partial charge in [-0.2, -0.15) is 0 Å². The Balaban J connectivity index is 2.34. The van der Waals surface area contributed by atoms with E-state index in [0.29, 0.717) is 18.9 Å². The lowest BCUT2D eigenvalue weighted by molar-refractivity contribution is -0.142. The van der Waals surface area contributed by atoms with Crippen LogP contribution in [0.4, 0.5) is 0 Å². The van der Waals surface area contributed by atoms with Crippen molar-refractivity contribution in [1.82, 2.24) is 0 Å². The highest BCUT2D eigenvalue weighted by molar-refractivity contribution is 5.71. The van der Waals surface area contributed by atoms with Crippen LogP contribution in [0.2, 0.25) is 0 Å². The molecule has 0 spiro atoms. The number of carbonyl (C=O) groups excluding carboxylic acids is 1. The fourth-order valence-electron chi connectivity index (χ4n) is 2.02. The van der Waals surface area contributed by atoms with E-state index in [-0.39, 0.29) is 5.97 Å². The summed E-state index contributed by atoms with van der Waals surface area (Å²) in [6, 6.07) is 0. The summed E-state index contributed by atoms with van der Waals surface area (Å²) in [5, 5.41) is 0. The number of hydrogen-bond acceptors (Lipinski definition) is 2. The van der Waals surface area contributed by atoms with E-state index >= 15 is 0 Å². The zero-order chi connectivity index (χ0) is 13.1. The molecule has 0 amide bonds. The van der Waals surface area contributed by atoms with E-state index in [9.17, 15) is 4.79 Å². The van der Waals surface area contributed by atoms with Crippen molar-refractivity contribution in [2.45, 2.75) is 58.3 Å². The molecule has 2 heteroatoms. The maximum Gasteiger partial charge on any atom is 0.309 e. The normalized spacial score (nSPS) is 28.3. The summed E-state index contributed by atoms with van der Waals surface area (Å²) >= 11 is 0. The smallest absolute Gasteiger partial charge is 0.309 e. The minimum Gasteiger partial charge on any atom is -0.465 e.